The number of alkyl carbamates (subject to hydrolysis) is 2. The number of carbonyl (C=O) groups is 4. The number of nitrogens with zero attached hydrogens (tertiary/aromatic N) is 4. The van der Waals surface area contributed by atoms with E-state index in [-0.39, 0.29) is 41.4 Å². The van der Waals surface area contributed by atoms with E-state index in [9.17, 15) is 19.2 Å². The molecule has 0 bridgehead atoms. The van der Waals surface area contributed by atoms with E-state index < -0.39 is 30.2 Å². The molecule has 3 atom stereocenters. The van der Waals surface area contributed by atoms with Gasteiger partial charge < -0.3 is 39.9 Å². The molecule has 16 heteroatoms. The molecule has 8 rings (SSSR count). The first-order valence-corrected chi connectivity index (χ1v) is 21.4. The quantitative estimate of drug-likeness (QED) is 0.0893. The number of carbonyl (C=O) groups excluding carboxylic acids is 4. The fourth-order valence-corrected chi connectivity index (χ4v) is 8.74. The number of halogens is 2. The molecule has 332 valence electrons. The zero-order valence-corrected chi connectivity index (χ0v) is 36.2. The van der Waals surface area contributed by atoms with Gasteiger partial charge >= 0.3 is 12.2 Å². The summed E-state index contributed by atoms with van der Waals surface area (Å²) in [5, 5.41) is 5.31. The Bertz CT molecular complexity index is 2720. The van der Waals surface area contributed by atoms with Gasteiger partial charge in [0.2, 0.25) is 11.8 Å². The lowest BCUT2D eigenvalue weighted by atomic mass is 9.98. The SMILES string of the molecule is CCCN(Cc1nc2ccc(-c3ccc4c(c3)C(F)(F)c3cc(-c5cnc(C6CCCN6C(=O)C(NC(=O)OC)C(C)C)[nH]5)ccc3-4)cc2[nH]1)C(=O)C(NC(=O)OC)c1ccccc1. The van der Waals surface area contributed by atoms with Crippen molar-refractivity contribution >= 4 is 35.0 Å². The Hall–Kier alpha value is -7.10. The molecule has 6 aromatic rings. The van der Waals surface area contributed by atoms with E-state index in [1.807, 2.05) is 51.1 Å². The highest BCUT2D eigenvalue weighted by Crippen LogP contribution is 2.53. The first-order chi connectivity index (χ1) is 30.8. The van der Waals surface area contributed by atoms with Crippen LogP contribution in [0.5, 0.6) is 0 Å². The molecule has 0 radical (unpaired) electrons. The fourth-order valence-electron chi connectivity index (χ4n) is 8.74. The molecule has 1 fully saturated rings. The number of aromatic amines is 2. The molecule has 64 heavy (non-hydrogen) atoms. The van der Waals surface area contributed by atoms with Gasteiger partial charge in [-0.25, -0.2) is 19.6 Å². The number of fused-ring (bicyclic) bond motifs is 4. The molecule has 1 aliphatic heterocycles. The van der Waals surface area contributed by atoms with Gasteiger partial charge in [0.15, 0.2) is 0 Å². The number of benzene rings is 4. The van der Waals surface area contributed by atoms with Crippen LogP contribution in [-0.2, 0) is 31.5 Å². The maximum Gasteiger partial charge on any atom is 0.407 e. The smallest absolute Gasteiger partial charge is 0.407 e. The van der Waals surface area contributed by atoms with E-state index in [0.717, 1.165) is 6.42 Å². The second-order valence-corrected chi connectivity index (χ2v) is 16.5. The molecule has 3 unspecified atom stereocenters. The molecular weight excluding hydrogens is 823 g/mol. The number of methoxy groups -OCH3 is 2. The molecule has 2 aromatic heterocycles. The van der Waals surface area contributed by atoms with Crippen LogP contribution in [0.2, 0.25) is 0 Å². The number of alkyl halides is 2. The fraction of sp³-hybridized carbons (Fsp3) is 0.333. The summed E-state index contributed by atoms with van der Waals surface area (Å²) in [6, 6.07) is 22.4. The summed E-state index contributed by atoms with van der Waals surface area (Å²) in [5.41, 5.74) is 4.98. The average molecular weight is 873 g/mol. The lowest BCUT2D eigenvalue weighted by Gasteiger charge is -2.30. The van der Waals surface area contributed by atoms with Crippen molar-refractivity contribution in [2.24, 2.45) is 5.92 Å². The summed E-state index contributed by atoms with van der Waals surface area (Å²) >= 11 is 0. The highest BCUT2D eigenvalue weighted by atomic mass is 19.3. The number of ether oxygens (including phenoxy) is 2. The molecule has 4 aromatic carbocycles. The predicted octanol–water partition coefficient (Wildman–Crippen LogP) is 8.62. The van der Waals surface area contributed by atoms with Crippen molar-refractivity contribution in [2.45, 2.75) is 70.6 Å². The van der Waals surface area contributed by atoms with Crippen molar-refractivity contribution in [2.75, 3.05) is 27.3 Å². The van der Waals surface area contributed by atoms with Crippen LogP contribution in [0, 0.1) is 5.92 Å². The van der Waals surface area contributed by atoms with Crippen molar-refractivity contribution in [3.63, 3.8) is 0 Å². The number of aromatic nitrogens is 4. The number of amides is 4. The molecule has 4 amide bonds. The Morgan fingerprint density at radius 3 is 2.22 bits per heavy atom. The third kappa shape index (κ3) is 8.39. The van der Waals surface area contributed by atoms with Gasteiger partial charge in [-0.2, -0.15) is 8.78 Å². The Morgan fingerprint density at radius 1 is 0.875 bits per heavy atom. The summed E-state index contributed by atoms with van der Waals surface area (Å²) in [6.45, 7) is 6.69. The van der Waals surface area contributed by atoms with E-state index >= 15 is 8.78 Å². The molecule has 4 N–H and O–H groups in total. The standard InChI is InChI=1S/C48H50F2N8O6/c1-6-20-57(44(59)42(56-47(62)64-5)28-11-8-7-9-12-28)26-40-52-36-19-16-30(24-37(36)53-40)29-14-17-32-33-18-15-31(23-35(33)48(49,50)34(32)22-29)38-25-51-43(54-38)39-13-10-21-58(39)45(60)41(27(2)3)55-46(61)63-4/h7-9,11-12,14-19,22-25,27,39,41-42H,6,10,13,20-21,26H2,1-5H3,(H,51,54)(H,52,53)(H,55,61)(H,56,62). The van der Waals surface area contributed by atoms with Gasteiger partial charge in [0.25, 0.3) is 5.92 Å². The van der Waals surface area contributed by atoms with Crippen LogP contribution in [0.3, 0.4) is 0 Å². The van der Waals surface area contributed by atoms with E-state index in [4.69, 9.17) is 14.5 Å². The van der Waals surface area contributed by atoms with Gasteiger partial charge in [-0.15, -0.1) is 0 Å². The van der Waals surface area contributed by atoms with Crippen LogP contribution in [0.25, 0.3) is 44.5 Å². The Morgan fingerprint density at radius 2 is 1.53 bits per heavy atom. The molecule has 3 heterocycles. The summed E-state index contributed by atoms with van der Waals surface area (Å²) in [6.07, 6.45) is 2.24. The predicted molar refractivity (Wildman–Crippen MR) is 236 cm³/mol. The zero-order chi connectivity index (χ0) is 45.3. The normalized spacial score (nSPS) is 15.9. The Balaban J connectivity index is 1.01. The minimum atomic E-state index is -3.30. The van der Waals surface area contributed by atoms with Crippen molar-refractivity contribution in [3.8, 4) is 33.5 Å². The highest BCUT2D eigenvalue weighted by Gasteiger charge is 2.45. The monoisotopic (exact) mass is 872 g/mol. The molecule has 0 saturated carbocycles. The van der Waals surface area contributed by atoms with Crippen LogP contribution in [-0.4, -0.2) is 87.1 Å². The van der Waals surface area contributed by atoms with Crippen LogP contribution in [0.1, 0.15) is 80.5 Å². The van der Waals surface area contributed by atoms with Crippen LogP contribution in [0.15, 0.2) is 91.1 Å². The van der Waals surface area contributed by atoms with E-state index in [1.165, 1.54) is 26.4 Å². The molecule has 2 aliphatic rings. The lowest BCUT2D eigenvalue weighted by Crippen LogP contribution is -2.51. The number of H-pyrrole nitrogens is 2. The average Bonchev–Trinajstić information content (AvgIpc) is 4.12. The molecule has 1 aliphatic carbocycles. The first kappa shape index (κ1) is 43.5. The summed E-state index contributed by atoms with van der Waals surface area (Å²) in [4.78, 5) is 71.1. The van der Waals surface area contributed by atoms with Gasteiger partial charge in [-0.05, 0) is 77.3 Å². The minimum absolute atomic E-state index is 0.101. The van der Waals surface area contributed by atoms with Crippen LogP contribution < -0.4 is 10.6 Å². The maximum absolute atomic E-state index is 16.5. The number of hydrogen-bond donors (Lipinski definition) is 4. The maximum atomic E-state index is 16.5. The van der Waals surface area contributed by atoms with Gasteiger partial charge in [0.1, 0.15) is 23.7 Å². The van der Waals surface area contributed by atoms with E-state index in [2.05, 4.69) is 25.6 Å². The highest BCUT2D eigenvalue weighted by molar-refractivity contribution is 5.89. The number of imidazole rings is 2. The van der Waals surface area contributed by atoms with Gasteiger partial charge in [0.05, 0.1) is 49.7 Å². The summed E-state index contributed by atoms with van der Waals surface area (Å²) in [5.74, 6) is -2.98. The summed E-state index contributed by atoms with van der Waals surface area (Å²) < 4.78 is 42.6. The van der Waals surface area contributed by atoms with E-state index in [1.54, 1.807) is 58.5 Å². The zero-order valence-electron chi connectivity index (χ0n) is 36.2. The second kappa shape index (κ2) is 17.9. The number of hydrogen-bond acceptors (Lipinski definition) is 8. The first-order valence-electron chi connectivity index (χ1n) is 21.4. The third-order valence-electron chi connectivity index (χ3n) is 12.0. The Labute approximate surface area is 368 Å². The molecule has 0 spiro atoms. The largest absolute Gasteiger partial charge is 0.453 e. The molecular formula is C48H50F2N8O6. The lowest BCUT2D eigenvalue weighted by molar-refractivity contribution is -0.135. The van der Waals surface area contributed by atoms with Crippen molar-refractivity contribution in [1.82, 2.24) is 40.4 Å². The van der Waals surface area contributed by atoms with Gasteiger partial charge in [-0.1, -0.05) is 81.4 Å². The van der Waals surface area contributed by atoms with Crippen molar-refractivity contribution in [1.29, 1.82) is 0 Å². The number of nitrogens with one attached hydrogen (secondary N) is 4. The van der Waals surface area contributed by atoms with Crippen molar-refractivity contribution in [3.05, 3.63) is 119 Å². The number of rotatable bonds is 13. The van der Waals surface area contributed by atoms with Gasteiger partial charge in [0, 0.05) is 29.8 Å². The molecule has 14 nitrogen and oxygen atoms in total. The molecule has 1 saturated heterocycles. The topological polar surface area (TPSA) is 175 Å². The number of likely N-dealkylation sites (tertiary alicyclic amines) is 1. The summed E-state index contributed by atoms with van der Waals surface area (Å²) in [7, 11) is 2.49. The third-order valence-corrected chi connectivity index (χ3v) is 12.0. The van der Waals surface area contributed by atoms with E-state index in [0.29, 0.717) is 87.7 Å². The van der Waals surface area contributed by atoms with Gasteiger partial charge in [-0.3, -0.25) is 9.59 Å². The van der Waals surface area contributed by atoms with Crippen molar-refractivity contribution < 1.29 is 37.4 Å². The van der Waals surface area contributed by atoms with Crippen LogP contribution >= 0.6 is 0 Å². The second-order valence-electron chi connectivity index (χ2n) is 16.5. The minimum Gasteiger partial charge on any atom is -0.453 e. The Kier molecular flexibility index (Phi) is 12.2. The van der Waals surface area contributed by atoms with Crippen LogP contribution in [0.4, 0.5) is 18.4 Å².